The van der Waals surface area contributed by atoms with Crippen LogP contribution in [0.15, 0.2) is 47.4 Å². The molecular weight excluding hydrogens is 427 g/mol. The smallest absolute Gasteiger partial charge is 0.245 e. The van der Waals surface area contributed by atoms with Gasteiger partial charge in [0.1, 0.15) is 21.7 Å². The number of nitrogens with one attached hydrogen (secondary N) is 1. The fourth-order valence-electron chi connectivity index (χ4n) is 3.75. The second-order valence-corrected chi connectivity index (χ2v) is 10.1. The van der Waals surface area contributed by atoms with Crippen LogP contribution >= 0.6 is 11.7 Å². The number of carbonyl (C=O) groups is 1. The Morgan fingerprint density at radius 2 is 2.07 bits per heavy atom. The zero-order valence-electron chi connectivity index (χ0n) is 16.3. The number of piperidine rings is 1. The van der Waals surface area contributed by atoms with Crippen molar-refractivity contribution in [2.75, 3.05) is 13.1 Å². The van der Waals surface area contributed by atoms with Crippen molar-refractivity contribution in [3.63, 3.8) is 0 Å². The minimum atomic E-state index is -3.83. The molecule has 1 amide bonds. The zero-order valence-corrected chi connectivity index (χ0v) is 18.0. The van der Waals surface area contributed by atoms with Crippen molar-refractivity contribution in [2.24, 2.45) is 5.41 Å². The lowest BCUT2D eigenvalue weighted by molar-refractivity contribution is -0.132. The van der Waals surface area contributed by atoms with E-state index in [2.05, 4.69) is 14.1 Å². The van der Waals surface area contributed by atoms with Crippen LogP contribution in [0, 0.1) is 11.2 Å². The van der Waals surface area contributed by atoms with Gasteiger partial charge in [0.2, 0.25) is 15.9 Å². The summed E-state index contributed by atoms with van der Waals surface area (Å²) < 4.78 is 49.6. The molecule has 30 heavy (non-hydrogen) atoms. The third-order valence-electron chi connectivity index (χ3n) is 5.42. The number of amides is 1. The van der Waals surface area contributed by atoms with E-state index in [4.69, 9.17) is 0 Å². The normalized spacial score (nSPS) is 20.3. The quantitative estimate of drug-likeness (QED) is 0.648. The Balaban J connectivity index is 1.53. The van der Waals surface area contributed by atoms with Crippen molar-refractivity contribution in [3.05, 3.63) is 53.8 Å². The summed E-state index contributed by atoms with van der Waals surface area (Å²) in [7, 11) is -3.83. The highest BCUT2D eigenvalue weighted by molar-refractivity contribution is 7.89. The number of halogens is 1. The van der Waals surface area contributed by atoms with Crippen molar-refractivity contribution >= 4 is 38.7 Å². The Hall–Kier alpha value is -2.43. The van der Waals surface area contributed by atoms with E-state index in [-0.39, 0.29) is 29.7 Å². The number of carbonyl (C=O) groups excluding carboxylic acids is 1. The molecule has 0 radical (unpaired) electrons. The fraction of sp³-hybridized carbons (Fsp3) is 0.350. The first-order valence-electron chi connectivity index (χ1n) is 9.54. The maximum absolute atomic E-state index is 13.4. The van der Waals surface area contributed by atoms with E-state index in [1.54, 1.807) is 31.2 Å². The van der Waals surface area contributed by atoms with Crippen LogP contribution in [0.1, 0.15) is 25.3 Å². The van der Waals surface area contributed by atoms with Crippen molar-refractivity contribution in [2.45, 2.75) is 31.2 Å². The third-order valence-corrected chi connectivity index (χ3v) is 7.84. The number of hydrogen-bond donors (Lipinski definition) is 1. The second-order valence-electron chi connectivity index (χ2n) is 7.70. The molecule has 1 aliphatic rings. The van der Waals surface area contributed by atoms with Gasteiger partial charge in [0.15, 0.2) is 0 Å². The number of rotatable bonds is 5. The van der Waals surface area contributed by atoms with E-state index < -0.39 is 15.4 Å². The van der Waals surface area contributed by atoms with Crippen LogP contribution in [0.4, 0.5) is 4.39 Å². The van der Waals surface area contributed by atoms with Crippen LogP contribution in [-0.4, -0.2) is 40.5 Å². The number of benzene rings is 2. The first-order valence-corrected chi connectivity index (χ1v) is 11.7. The lowest BCUT2D eigenvalue weighted by atomic mass is 9.82. The van der Waals surface area contributed by atoms with Gasteiger partial charge < -0.3 is 5.32 Å². The van der Waals surface area contributed by atoms with E-state index in [1.807, 2.05) is 0 Å². The molecule has 3 aromatic rings. The summed E-state index contributed by atoms with van der Waals surface area (Å²) >= 11 is 0.966. The van der Waals surface area contributed by atoms with Crippen LogP contribution in [0.25, 0.3) is 11.0 Å². The Kier molecular flexibility index (Phi) is 5.56. The molecule has 0 aliphatic carbocycles. The second kappa shape index (κ2) is 8.01. The largest absolute Gasteiger partial charge is 0.352 e. The molecule has 2 heterocycles. The van der Waals surface area contributed by atoms with Crippen LogP contribution in [0.5, 0.6) is 0 Å². The number of fused-ring (bicyclic) bond motifs is 1. The molecule has 1 unspecified atom stereocenters. The lowest BCUT2D eigenvalue weighted by Gasteiger charge is -2.38. The molecule has 1 N–H and O–H groups in total. The van der Waals surface area contributed by atoms with Gasteiger partial charge in [0, 0.05) is 19.6 Å². The van der Waals surface area contributed by atoms with Gasteiger partial charge in [0.05, 0.1) is 17.1 Å². The van der Waals surface area contributed by atoms with Crippen LogP contribution in [0.3, 0.4) is 0 Å². The van der Waals surface area contributed by atoms with E-state index in [0.29, 0.717) is 36.0 Å². The summed E-state index contributed by atoms with van der Waals surface area (Å²) in [6.07, 6.45) is 1.13. The SMILES string of the molecule is CC1(C(=O)NCc2cccc(F)c2)CCCN(S(=O)(=O)c2cccc3nsnc23)C1. The van der Waals surface area contributed by atoms with Gasteiger partial charge in [-0.25, -0.2) is 12.8 Å². The number of aromatic nitrogens is 2. The highest BCUT2D eigenvalue weighted by Crippen LogP contribution is 2.34. The van der Waals surface area contributed by atoms with Gasteiger partial charge in [-0.1, -0.05) is 18.2 Å². The summed E-state index contributed by atoms with van der Waals surface area (Å²) in [6, 6.07) is 10.9. The molecule has 4 rings (SSSR count). The predicted molar refractivity (Wildman–Crippen MR) is 112 cm³/mol. The highest BCUT2D eigenvalue weighted by atomic mass is 32.2. The molecule has 0 spiro atoms. The Morgan fingerprint density at radius 3 is 2.87 bits per heavy atom. The van der Waals surface area contributed by atoms with Crippen LogP contribution < -0.4 is 5.32 Å². The first-order chi connectivity index (χ1) is 14.3. The summed E-state index contributed by atoms with van der Waals surface area (Å²) in [4.78, 5) is 13.0. The number of hydrogen-bond acceptors (Lipinski definition) is 6. The van der Waals surface area contributed by atoms with E-state index in [1.165, 1.54) is 22.5 Å². The van der Waals surface area contributed by atoms with Crippen molar-refractivity contribution in [3.8, 4) is 0 Å². The van der Waals surface area contributed by atoms with E-state index >= 15 is 0 Å². The zero-order chi connectivity index (χ0) is 21.4. The number of sulfonamides is 1. The van der Waals surface area contributed by atoms with Gasteiger partial charge in [-0.15, -0.1) is 0 Å². The molecule has 0 bridgehead atoms. The minimum absolute atomic E-state index is 0.0677. The fourth-order valence-corrected chi connectivity index (χ4v) is 6.11. The van der Waals surface area contributed by atoms with Gasteiger partial charge >= 0.3 is 0 Å². The molecule has 1 saturated heterocycles. The molecular formula is C20H21FN4O3S2. The summed E-state index contributed by atoms with van der Waals surface area (Å²) in [5, 5.41) is 2.83. The minimum Gasteiger partial charge on any atom is -0.352 e. The molecule has 1 aliphatic heterocycles. The molecule has 0 saturated carbocycles. The molecule has 1 atom stereocenters. The molecule has 10 heteroatoms. The Labute approximate surface area is 178 Å². The molecule has 1 aromatic heterocycles. The van der Waals surface area contributed by atoms with Gasteiger partial charge in [-0.2, -0.15) is 13.1 Å². The van der Waals surface area contributed by atoms with Gasteiger partial charge in [0.25, 0.3) is 0 Å². The average molecular weight is 449 g/mol. The summed E-state index contributed by atoms with van der Waals surface area (Å²) in [5.74, 6) is -0.617. The standard InChI is InChI=1S/C20H21FN4O3S2/c1-20(19(26)22-12-14-5-2-6-15(21)11-14)9-4-10-25(13-20)30(27,28)17-8-3-7-16-18(17)24-29-23-16/h2-3,5-8,11H,4,9-10,12-13H2,1H3,(H,22,26). The molecule has 158 valence electrons. The maximum atomic E-state index is 13.4. The van der Waals surface area contributed by atoms with Crippen molar-refractivity contribution < 1.29 is 17.6 Å². The van der Waals surface area contributed by atoms with Crippen LogP contribution in [0.2, 0.25) is 0 Å². The topological polar surface area (TPSA) is 92.3 Å². The Morgan fingerprint density at radius 1 is 1.27 bits per heavy atom. The third kappa shape index (κ3) is 3.94. The molecule has 7 nitrogen and oxygen atoms in total. The molecule has 2 aromatic carbocycles. The van der Waals surface area contributed by atoms with Gasteiger partial charge in [-0.3, -0.25) is 4.79 Å². The van der Waals surface area contributed by atoms with Crippen molar-refractivity contribution in [1.29, 1.82) is 0 Å². The van der Waals surface area contributed by atoms with Crippen LogP contribution in [-0.2, 0) is 21.4 Å². The Bertz CT molecular complexity index is 1200. The summed E-state index contributed by atoms with van der Waals surface area (Å²) in [6.45, 7) is 2.35. The first kappa shape index (κ1) is 20.8. The molecule has 1 fully saturated rings. The van der Waals surface area contributed by atoms with Gasteiger partial charge in [-0.05, 0) is 49.6 Å². The lowest BCUT2D eigenvalue weighted by Crippen LogP contribution is -2.51. The van der Waals surface area contributed by atoms with E-state index in [0.717, 1.165) is 11.7 Å². The summed E-state index contributed by atoms with van der Waals surface area (Å²) in [5.41, 5.74) is 0.654. The predicted octanol–water partition coefficient (Wildman–Crippen LogP) is 2.94. The monoisotopic (exact) mass is 448 g/mol. The van der Waals surface area contributed by atoms with E-state index in [9.17, 15) is 17.6 Å². The average Bonchev–Trinajstić information content (AvgIpc) is 3.21. The maximum Gasteiger partial charge on any atom is 0.245 e. The van der Waals surface area contributed by atoms with Crippen molar-refractivity contribution in [1.82, 2.24) is 18.4 Å². The number of nitrogens with zero attached hydrogens (tertiary/aromatic N) is 3. The highest BCUT2D eigenvalue weighted by Gasteiger charge is 2.42.